The number of nitrogens with one attached hydrogen (secondary N) is 1. The molecule has 2 rings (SSSR count). The van der Waals surface area contributed by atoms with Crippen LogP contribution in [0.4, 0.5) is 0 Å². The van der Waals surface area contributed by atoms with Gasteiger partial charge in [-0.05, 0) is 65.5 Å². The van der Waals surface area contributed by atoms with Gasteiger partial charge < -0.3 is 15.1 Å². The van der Waals surface area contributed by atoms with Crippen molar-refractivity contribution in [2.75, 3.05) is 33.2 Å². The first-order valence-electron chi connectivity index (χ1n) is 8.73. The number of hydrogen-bond acceptors (Lipinski definition) is 3. The fourth-order valence-corrected chi connectivity index (χ4v) is 3.68. The Morgan fingerprint density at radius 3 is 2.52 bits per heavy atom. The van der Waals surface area contributed by atoms with Crippen molar-refractivity contribution >= 4 is 5.91 Å². The molecular formula is C17H33N3O. The Kier molecular flexibility index (Phi) is 5.67. The Morgan fingerprint density at radius 2 is 2.05 bits per heavy atom. The van der Waals surface area contributed by atoms with Crippen LogP contribution in [0.25, 0.3) is 0 Å². The minimum absolute atomic E-state index is 0.248. The lowest BCUT2D eigenvalue weighted by Crippen LogP contribution is -2.56. The summed E-state index contributed by atoms with van der Waals surface area (Å²) in [6, 6.07) is 0.607. The van der Waals surface area contributed by atoms with Gasteiger partial charge in [0.15, 0.2) is 0 Å². The smallest absolute Gasteiger partial charge is 0.242 e. The van der Waals surface area contributed by atoms with E-state index in [1.165, 1.54) is 0 Å². The standard InChI is InChI=1S/C17H33N3O/c1-5-17(9-6-10-18-17)16(21)20-11-7-15(8-12-20)13-19(4)14(2)3/h14-15,18H,5-13H2,1-4H3. The van der Waals surface area contributed by atoms with E-state index in [1.54, 1.807) is 0 Å². The molecule has 0 saturated carbocycles. The van der Waals surface area contributed by atoms with E-state index in [-0.39, 0.29) is 5.54 Å². The zero-order chi connectivity index (χ0) is 15.5. The van der Waals surface area contributed by atoms with Gasteiger partial charge in [-0.1, -0.05) is 6.92 Å². The van der Waals surface area contributed by atoms with Crippen molar-refractivity contribution in [1.82, 2.24) is 15.1 Å². The van der Waals surface area contributed by atoms with Crippen LogP contribution in [0.3, 0.4) is 0 Å². The topological polar surface area (TPSA) is 35.6 Å². The molecule has 1 amide bonds. The normalized spacial score (nSPS) is 27.8. The first kappa shape index (κ1) is 16.8. The maximum absolute atomic E-state index is 12.8. The molecule has 0 bridgehead atoms. The molecule has 1 atom stereocenters. The Balaban J connectivity index is 1.84. The van der Waals surface area contributed by atoms with Crippen LogP contribution in [0.2, 0.25) is 0 Å². The van der Waals surface area contributed by atoms with Gasteiger partial charge in [0.25, 0.3) is 0 Å². The van der Waals surface area contributed by atoms with Crippen LogP contribution in [-0.4, -0.2) is 60.5 Å². The number of rotatable bonds is 5. The van der Waals surface area contributed by atoms with Gasteiger partial charge in [0, 0.05) is 25.7 Å². The molecule has 2 heterocycles. The van der Waals surface area contributed by atoms with E-state index in [0.29, 0.717) is 11.9 Å². The third kappa shape index (κ3) is 3.78. The number of carbonyl (C=O) groups is 1. The van der Waals surface area contributed by atoms with Gasteiger partial charge in [0.1, 0.15) is 0 Å². The van der Waals surface area contributed by atoms with Gasteiger partial charge in [-0.2, -0.15) is 0 Å². The van der Waals surface area contributed by atoms with E-state index < -0.39 is 0 Å². The summed E-state index contributed by atoms with van der Waals surface area (Å²) in [5, 5.41) is 3.48. The maximum atomic E-state index is 12.8. The van der Waals surface area contributed by atoms with Crippen LogP contribution in [-0.2, 0) is 4.79 Å². The van der Waals surface area contributed by atoms with Crippen molar-refractivity contribution in [3.05, 3.63) is 0 Å². The molecule has 1 N–H and O–H groups in total. The predicted octanol–water partition coefficient (Wildman–Crippen LogP) is 2.10. The lowest BCUT2D eigenvalue weighted by molar-refractivity contribution is -0.139. The summed E-state index contributed by atoms with van der Waals surface area (Å²) in [5.74, 6) is 1.11. The number of hydrogen-bond donors (Lipinski definition) is 1. The molecule has 0 aromatic rings. The van der Waals surface area contributed by atoms with Crippen molar-refractivity contribution in [3.8, 4) is 0 Å². The molecule has 0 radical (unpaired) electrons. The number of nitrogens with zero attached hydrogens (tertiary/aromatic N) is 2. The van der Waals surface area contributed by atoms with Crippen LogP contribution in [0.15, 0.2) is 0 Å². The molecule has 0 spiro atoms. The second-order valence-electron chi connectivity index (χ2n) is 7.23. The van der Waals surface area contributed by atoms with E-state index in [1.807, 2.05) is 0 Å². The van der Waals surface area contributed by atoms with Crippen LogP contribution in [0.5, 0.6) is 0 Å². The summed E-state index contributed by atoms with van der Waals surface area (Å²) in [5.41, 5.74) is -0.248. The zero-order valence-corrected chi connectivity index (χ0v) is 14.3. The Morgan fingerprint density at radius 1 is 1.38 bits per heavy atom. The first-order chi connectivity index (χ1) is 9.98. The van der Waals surface area contributed by atoms with Crippen molar-refractivity contribution in [2.45, 2.75) is 64.5 Å². The molecule has 1 unspecified atom stereocenters. The molecule has 4 heteroatoms. The second-order valence-corrected chi connectivity index (χ2v) is 7.23. The number of amides is 1. The highest BCUT2D eigenvalue weighted by Crippen LogP contribution is 2.28. The predicted molar refractivity (Wildman–Crippen MR) is 87.3 cm³/mol. The fourth-order valence-electron chi connectivity index (χ4n) is 3.68. The van der Waals surface area contributed by atoms with Gasteiger partial charge in [-0.25, -0.2) is 0 Å². The SMILES string of the molecule is CCC1(C(=O)N2CCC(CN(C)C(C)C)CC2)CCCN1. The van der Waals surface area contributed by atoms with Crippen LogP contribution in [0.1, 0.15) is 52.9 Å². The van der Waals surface area contributed by atoms with E-state index in [9.17, 15) is 4.79 Å². The monoisotopic (exact) mass is 295 g/mol. The highest BCUT2D eigenvalue weighted by atomic mass is 16.2. The lowest BCUT2D eigenvalue weighted by atomic mass is 9.89. The Hall–Kier alpha value is -0.610. The molecule has 2 aliphatic heterocycles. The quantitative estimate of drug-likeness (QED) is 0.844. The fraction of sp³-hybridized carbons (Fsp3) is 0.941. The number of carbonyl (C=O) groups excluding carboxylic acids is 1. The van der Waals surface area contributed by atoms with Crippen molar-refractivity contribution in [2.24, 2.45) is 5.92 Å². The van der Waals surface area contributed by atoms with Gasteiger partial charge in [0.2, 0.25) is 5.91 Å². The van der Waals surface area contributed by atoms with E-state index in [2.05, 4.69) is 42.9 Å². The summed E-state index contributed by atoms with van der Waals surface area (Å²) >= 11 is 0. The molecule has 2 fully saturated rings. The number of likely N-dealkylation sites (tertiary alicyclic amines) is 1. The molecule has 0 aromatic heterocycles. The van der Waals surface area contributed by atoms with Gasteiger partial charge in [0.05, 0.1) is 5.54 Å². The van der Waals surface area contributed by atoms with E-state index in [0.717, 1.165) is 64.2 Å². The summed E-state index contributed by atoms with van der Waals surface area (Å²) in [6.45, 7) is 10.7. The van der Waals surface area contributed by atoms with E-state index in [4.69, 9.17) is 0 Å². The molecule has 4 nitrogen and oxygen atoms in total. The van der Waals surface area contributed by atoms with Crippen molar-refractivity contribution < 1.29 is 4.79 Å². The second kappa shape index (κ2) is 7.10. The molecule has 21 heavy (non-hydrogen) atoms. The Labute approximate surface area is 130 Å². The van der Waals surface area contributed by atoms with Gasteiger partial charge in [-0.3, -0.25) is 4.79 Å². The first-order valence-corrected chi connectivity index (χ1v) is 8.73. The van der Waals surface area contributed by atoms with Crippen LogP contribution < -0.4 is 5.32 Å². The summed E-state index contributed by atoms with van der Waals surface area (Å²) in [7, 11) is 2.21. The third-order valence-electron chi connectivity index (χ3n) is 5.59. The molecule has 2 saturated heterocycles. The van der Waals surface area contributed by atoms with E-state index >= 15 is 0 Å². The van der Waals surface area contributed by atoms with Gasteiger partial charge in [-0.15, -0.1) is 0 Å². The maximum Gasteiger partial charge on any atom is 0.242 e. The highest BCUT2D eigenvalue weighted by Gasteiger charge is 2.42. The lowest BCUT2D eigenvalue weighted by Gasteiger charge is -2.39. The summed E-state index contributed by atoms with van der Waals surface area (Å²) < 4.78 is 0. The third-order valence-corrected chi connectivity index (χ3v) is 5.59. The molecule has 0 aromatic carbocycles. The zero-order valence-electron chi connectivity index (χ0n) is 14.3. The molecule has 122 valence electrons. The average molecular weight is 295 g/mol. The van der Waals surface area contributed by atoms with Gasteiger partial charge >= 0.3 is 0 Å². The minimum atomic E-state index is -0.248. The van der Waals surface area contributed by atoms with Crippen molar-refractivity contribution in [3.63, 3.8) is 0 Å². The minimum Gasteiger partial charge on any atom is -0.341 e. The number of piperidine rings is 1. The summed E-state index contributed by atoms with van der Waals surface area (Å²) in [4.78, 5) is 17.4. The highest BCUT2D eigenvalue weighted by molar-refractivity contribution is 5.86. The van der Waals surface area contributed by atoms with Crippen LogP contribution in [0, 0.1) is 5.92 Å². The molecule has 2 aliphatic rings. The van der Waals surface area contributed by atoms with Crippen molar-refractivity contribution in [1.29, 1.82) is 0 Å². The largest absolute Gasteiger partial charge is 0.341 e. The Bertz CT molecular complexity index is 342. The average Bonchev–Trinajstić information content (AvgIpc) is 2.97. The van der Waals surface area contributed by atoms with Crippen LogP contribution >= 0.6 is 0 Å². The molecule has 0 aliphatic carbocycles. The summed E-state index contributed by atoms with van der Waals surface area (Å²) in [6.07, 6.45) is 5.38. The molecular weight excluding hydrogens is 262 g/mol.